The van der Waals surface area contributed by atoms with Gasteiger partial charge in [0, 0.05) is 12.1 Å². The van der Waals surface area contributed by atoms with Gasteiger partial charge < -0.3 is 14.4 Å². The van der Waals surface area contributed by atoms with Crippen LogP contribution in [-0.4, -0.2) is 30.6 Å². The summed E-state index contributed by atoms with van der Waals surface area (Å²) in [6.45, 7) is 3.19. The van der Waals surface area contributed by atoms with E-state index in [2.05, 4.69) is 0 Å². The summed E-state index contributed by atoms with van der Waals surface area (Å²) in [5.41, 5.74) is 2.04. The van der Waals surface area contributed by atoms with Crippen molar-refractivity contribution >= 4 is 5.91 Å². The van der Waals surface area contributed by atoms with E-state index in [1.54, 1.807) is 7.11 Å². The first-order chi connectivity index (χ1) is 11.2. The summed E-state index contributed by atoms with van der Waals surface area (Å²) in [6, 6.07) is 15.5. The van der Waals surface area contributed by atoms with Crippen LogP contribution >= 0.6 is 0 Å². The molecule has 0 aliphatic carbocycles. The van der Waals surface area contributed by atoms with E-state index in [9.17, 15) is 4.79 Å². The highest BCUT2D eigenvalue weighted by Crippen LogP contribution is 2.25. The summed E-state index contributed by atoms with van der Waals surface area (Å²) in [6.07, 6.45) is 0.372. The number of methoxy groups -OCH3 is 1. The molecule has 0 saturated carbocycles. The SMILES string of the molecule is COc1ccc(CC(=O)N2Cc3ccccc3OC(C)C2)cc1. The summed E-state index contributed by atoms with van der Waals surface area (Å²) in [5.74, 6) is 1.79. The Labute approximate surface area is 136 Å². The second kappa shape index (κ2) is 6.73. The van der Waals surface area contributed by atoms with Crippen molar-refractivity contribution < 1.29 is 14.3 Å². The first-order valence-corrected chi connectivity index (χ1v) is 7.81. The lowest BCUT2D eigenvalue weighted by Crippen LogP contribution is -2.36. The Balaban J connectivity index is 1.73. The van der Waals surface area contributed by atoms with Crippen LogP contribution in [0.1, 0.15) is 18.1 Å². The normalized spacial score (nSPS) is 17.0. The van der Waals surface area contributed by atoms with E-state index in [1.807, 2.05) is 60.4 Å². The molecule has 1 unspecified atom stereocenters. The minimum Gasteiger partial charge on any atom is -0.497 e. The van der Waals surface area contributed by atoms with Gasteiger partial charge in [-0.15, -0.1) is 0 Å². The number of amides is 1. The number of carbonyl (C=O) groups is 1. The molecule has 2 aromatic rings. The van der Waals surface area contributed by atoms with Crippen molar-refractivity contribution in [2.45, 2.75) is 26.0 Å². The molecule has 23 heavy (non-hydrogen) atoms. The molecule has 1 heterocycles. The van der Waals surface area contributed by atoms with Crippen LogP contribution in [0.3, 0.4) is 0 Å². The number of fused-ring (bicyclic) bond motifs is 1. The molecule has 0 bridgehead atoms. The zero-order valence-electron chi connectivity index (χ0n) is 13.5. The Morgan fingerprint density at radius 2 is 1.96 bits per heavy atom. The molecule has 0 fully saturated rings. The summed E-state index contributed by atoms with van der Waals surface area (Å²) in [5, 5.41) is 0. The van der Waals surface area contributed by atoms with E-state index in [-0.39, 0.29) is 12.0 Å². The van der Waals surface area contributed by atoms with Gasteiger partial charge in [0.05, 0.1) is 20.1 Å². The number of carbonyl (C=O) groups excluding carboxylic acids is 1. The van der Waals surface area contributed by atoms with Gasteiger partial charge in [0.25, 0.3) is 0 Å². The smallest absolute Gasteiger partial charge is 0.227 e. The minimum atomic E-state index is -0.0153. The van der Waals surface area contributed by atoms with Gasteiger partial charge in [0.1, 0.15) is 17.6 Å². The fraction of sp³-hybridized carbons (Fsp3) is 0.316. The maximum Gasteiger partial charge on any atom is 0.227 e. The summed E-state index contributed by atoms with van der Waals surface area (Å²) >= 11 is 0. The first kappa shape index (κ1) is 15.4. The maximum absolute atomic E-state index is 12.7. The van der Waals surface area contributed by atoms with Gasteiger partial charge in [-0.25, -0.2) is 0 Å². The van der Waals surface area contributed by atoms with E-state index < -0.39 is 0 Å². The number of para-hydroxylation sites is 1. The number of hydrogen-bond acceptors (Lipinski definition) is 3. The first-order valence-electron chi connectivity index (χ1n) is 7.81. The van der Waals surface area contributed by atoms with E-state index in [1.165, 1.54) is 0 Å². The van der Waals surface area contributed by atoms with E-state index in [0.717, 1.165) is 22.6 Å². The zero-order valence-corrected chi connectivity index (χ0v) is 13.5. The predicted octanol–water partition coefficient (Wildman–Crippen LogP) is 3.05. The molecule has 0 N–H and O–H groups in total. The zero-order chi connectivity index (χ0) is 16.2. The topological polar surface area (TPSA) is 38.8 Å². The maximum atomic E-state index is 12.7. The Morgan fingerprint density at radius 1 is 1.22 bits per heavy atom. The lowest BCUT2D eigenvalue weighted by atomic mass is 10.1. The van der Waals surface area contributed by atoms with Crippen molar-refractivity contribution in [3.05, 3.63) is 59.7 Å². The molecule has 1 amide bonds. The van der Waals surface area contributed by atoms with Gasteiger partial charge in [0.15, 0.2) is 0 Å². The molecular formula is C19H21NO3. The summed E-state index contributed by atoms with van der Waals surface area (Å²) in [7, 11) is 1.64. The van der Waals surface area contributed by atoms with Gasteiger partial charge in [-0.3, -0.25) is 4.79 Å². The van der Waals surface area contributed by atoms with Crippen molar-refractivity contribution in [2.75, 3.05) is 13.7 Å². The number of ether oxygens (including phenoxy) is 2. The third-order valence-corrected chi connectivity index (χ3v) is 4.01. The van der Waals surface area contributed by atoms with Crippen LogP contribution < -0.4 is 9.47 Å². The molecule has 0 radical (unpaired) electrons. The number of hydrogen-bond donors (Lipinski definition) is 0. The average Bonchev–Trinajstić information content (AvgIpc) is 2.73. The van der Waals surface area contributed by atoms with Crippen LogP contribution in [0.25, 0.3) is 0 Å². The monoisotopic (exact) mass is 311 g/mol. The molecule has 2 aromatic carbocycles. The second-order valence-corrected chi connectivity index (χ2v) is 5.84. The molecule has 4 heteroatoms. The van der Waals surface area contributed by atoms with Gasteiger partial charge in [-0.05, 0) is 30.7 Å². The second-order valence-electron chi connectivity index (χ2n) is 5.84. The Kier molecular flexibility index (Phi) is 4.51. The molecule has 1 atom stereocenters. The number of rotatable bonds is 3. The standard InChI is InChI=1S/C19H21NO3/c1-14-12-20(13-16-5-3-4-6-18(16)23-14)19(21)11-15-7-9-17(22-2)10-8-15/h3-10,14H,11-13H2,1-2H3. The molecule has 3 rings (SSSR count). The summed E-state index contributed by atoms with van der Waals surface area (Å²) in [4.78, 5) is 14.5. The number of nitrogens with zero attached hydrogens (tertiary/aromatic N) is 1. The molecule has 0 spiro atoms. The van der Waals surface area contributed by atoms with Crippen LogP contribution in [0.2, 0.25) is 0 Å². The van der Waals surface area contributed by atoms with Crippen LogP contribution in [0, 0.1) is 0 Å². The summed E-state index contributed by atoms with van der Waals surface area (Å²) < 4.78 is 11.1. The van der Waals surface area contributed by atoms with E-state index in [4.69, 9.17) is 9.47 Å². The predicted molar refractivity (Wildman–Crippen MR) is 88.6 cm³/mol. The highest BCUT2D eigenvalue weighted by atomic mass is 16.5. The lowest BCUT2D eigenvalue weighted by molar-refractivity contribution is -0.131. The largest absolute Gasteiger partial charge is 0.497 e. The Hall–Kier alpha value is -2.49. The van der Waals surface area contributed by atoms with E-state index in [0.29, 0.717) is 19.5 Å². The lowest BCUT2D eigenvalue weighted by Gasteiger charge is -2.22. The van der Waals surface area contributed by atoms with Gasteiger partial charge in [-0.1, -0.05) is 30.3 Å². The Bertz CT molecular complexity index is 681. The van der Waals surface area contributed by atoms with Crippen molar-refractivity contribution in [1.82, 2.24) is 4.90 Å². The fourth-order valence-electron chi connectivity index (χ4n) is 2.80. The third-order valence-electron chi connectivity index (χ3n) is 4.01. The van der Waals surface area contributed by atoms with Crippen LogP contribution in [0.4, 0.5) is 0 Å². The molecular weight excluding hydrogens is 290 g/mol. The minimum absolute atomic E-state index is 0.0153. The quantitative estimate of drug-likeness (QED) is 0.874. The van der Waals surface area contributed by atoms with Gasteiger partial charge >= 0.3 is 0 Å². The van der Waals surface area contributed by atoms with Gasteiger partial charge in [-0.2, -0.15) is 0 Å². The van der Waals surface area contributed by atoms with E-state index >= 15 is 0 Å². The fourth-order valence-corrected chi connectivity index (χ4v) is 2.80. The molecule has 0 saturated heterocycles. The van der Waals surface area contributed by atoms with Crippen LogP contribution in [-0.2, 0) is 17.8 Å². The highest BCUT2D eigenvalue weighted by Gasteiger charge is 2.23. The highest BCUT2D eigenvalue weighted by molar-refractivity contribution is 5.79. The van der Waals surface area contributed by atoms with Crippen LogP contribution in [0.5, 0.6) is 11.5 Å². The van der Waals surface area contributed by atoms with Crippen LogP contribution in [0.15, 0.2) is 48.5 Å². The average molecular weight is 311 g/mol. The third kappa shape index (κ3) is 3.65. The number of benzene rings is 2. The molecule has 4 nitrogen and oxygen atoms in total. The van der Waals surface area contributed by atoms with Crippen molar-refractivity contribution in [3.8, 4) is 11.5 Å². The van der Waals surface area contributed by atoms with Crippen molar-refractivity contribution in [2.24, 2.45) is 0 Å². The molecule has 1 aliphatic rings. The van der Waals surface area contributed by atoms with Crippen molar-refractivity contribution in [3.63, 3.8) is 0 Å². The molecule has 0 aromatic heterocycles. The Morgan fingerprint density at radius 3 is 2.70 bits per heavy atom. The van der Waals surface area contributed by atoms with Crippen molar-refractivity contribution in [1.29, 1.82) is 0 Å². The van der Waals surface area contributed by atoms with Gasteiger partial charge in [0.2, 0.25) is 5.91 Å². The molecule has 1 aliphatic heterocycles. The molecule has 120 valence electrons.